The zero-order valence-electron chi connectivity index (χ0n) is 19.7. The number of carbonyl (C=O) groups excluding carboxylic acids is 2. The number of rotatable bonds is 3. The molecule has 3 amide bonds. The van der Waals surface area contributed by atoms with Crippen LogP contribution in [0.5, 0.6) is 11.5 Å². The topological polar surface area (TPSA) is 96.0 Å². The fourth-order valence-electron chi connectivity index (χ4n) is 4.43. The molecule has 1 aromatic heterocycles. The number of urea groups is 1. The van der Waals surface area contributed by atoms with Crippen molar-refractivity contribution >= 4 is 23.3 Å². The van der Waals surface area contributed by atoms with Crippen LogP contribution in [-0.2, 0) is 4.79 Å². The van der Waals surface area contributed by atoms with Gasteiger partial charge in [-0.05, 0) is 42.0 Å². The van der Waals surface area contributed by atoms with Gasteiger partial charge in [0.2, 0.25) is 11.9 Å². The van der Waals surface area contributed by atoms with Crippen molar-refractivity contribution in [3.63, 3.8) is 0 Å². The van der Waals surface area contributed by atoms with Crippen LogP contribution in [0.3, 0.4) is 0 Å². The van der Waals surface area contributed by atoms with Crippen molar-refractivity contribution in [2.24, 2.45) is 0 Å². The minimum absolute atomic E-state index is 0.157. The number of halogens is 1. The van der Waals surface area contributed by atoms with Gasteiger partial charge in [-0.1, -0.05) is 12.1 Å². The highest BCUT2D eigenvalue weighted by Crippen LogP contribution is 2.32. The number of benzene rings is 2. The normalized spacial score (nSPS) is 17.9. The van der Waals surface area contributed by atoms with Crippen LogP contribution >= 0.6 is 0 Å². The van der Waals surface area contributed by atoms with Gasteiger partial charge in [-0.15, -0.1) is 0 Å². The maximum atomic E-state index is 14.2. The molecule has 1 atom stereocenters. The highest BCUT2D eigenvalue weighted by atomic mass is 19.1. The van der Waals surface area contributed by atoms with Crippen LogP contribution < -0.4 is 20.1 Å². The number of methoxy groups -OCH3 is 1. The van der Waals surface area contributed by atoms with Crippen LogP contribution in [0, 0.1) is 5.95 Å². The van der Waals surface area contributed by atoms with E-state index in [-0.39, 0.29) is 31.1 Å². The van der Waals surface area contributed by atoms with Crippen LogP contribution in [0.1, 0.15) is 0 Å². The van der Waals surface area contributed by atoms with E-state index in [1.165, 1.54) is 6.20 Å². The number of hydrogen-bond acceptors (Lipinski definition) is 6. The minimum atomic E-state index is -0.586. The molecule has 2 aliphatic heterocycles. The molecule has 36 heavy (non-hydrogen) atoms. The number of hydrogen-bond donors (Lipinski definition) is 2. The van der Waals surface area contributed by atoms with Gasteiger partial charge in [0.15, 0.2) is 0 Å². The molecule has 0 aliphatic carbocycles. The lowest BCUT2D eigenvalue weighted by atomic mass is 10.1. The largest absolute Gasteiger partial charge is 0.497 e. The molecule has 186 valence electrons. The average molecular weight is 492 g/mol. The van der Waals surface area contributed by atoms with Crippen molar-refractivity contribution in [3.05, 3.63) is 66.7 Å². The summed E-state index contributed by atoms with van der Waals surface area (Å²) >= 11 is 0. The van der Waals surface area contributed by atoms with E-state index >= 15 is 0 Å². The fourth-order valence-corrected chi connectivity index (χ4v) is 4.43. The Morgan fingerprint density at radius 1 is 1.19 bits per heavy atom. The van der Waals surface area contributed by atoms with E-state index in [1.807, 2.05) is 17.0 Å². The Kier molecular flexibility index (Phi) is 6.68. The third-order valence-corrected chi connectivity index (χ3v) is 6.31. The van der Waals surface area contributed by atoms with Gasteiger partial charge in [0.25, 0.3) is 0 Å². The Morgan fingerprint density at radius 2 is 2.08 bits per heavy atom. The summed E-state index contributed by atoms with van der Waals surface area (Å²) in [5, 5.41) is 5.79. The zero-order valence-corrected chi connectivity index (χ0v) is 19.7. The second-order valence-electron chi connectivity index (χ2n) is 8.64. The molecule has 2 N–H and O–H groups in total. The number of ether oxygens (including phenoxy) is 2. The zero-order chi connectivity index (χ0) is 25.1. The molecule has 1 fully saturated rings. The molecular formula is C26H26FN5O4. The molecule has 1 saturated heterocycles. The number of pyridine rings is 1. The third kappa shape index (κ3) is 5.08. The van der Waals surface area contributed by atoms with E-state index in [0.717, 1.165) is 0 Å². The maximum Gasteiger partial charge on any atom is 0.321 e. The van der Waals surface area contributed by atoms with E-state index in [9.17, 15) is 14.0 Å². The SMILES string of the molecule is COc1cccc(NC(=O)N2CCN3CC(=O)Nc4cc(-c5cccnc5F)ccc4OC[C@H]3C2)c1. The third-order valence-electron chi connectivity index (χ3n) is 6.31. The van der Waals surface area contributed by atoms with Gasteiger partial charge in [-0.25, -0.2) is 9.78 Å². The van der Waals surface area contributed by atoms with Crippen LogP contribution in [0.2, 0.25) is 0 Å². The first-order valence-electron chi connectivity index (χ1n) is 11.6. The molecule has 2 aromatic carbocycles. The molecule has 9 nitrogen and oxygen atoms in total. The Labute approximate surface area is 207 Å². The number of aromatic nitrogens is 1. The lowest BCUT2D eigenvalue weighted by molar-refractivity contribution is -0.118. The molecule has 0 saturated carbocycles. The first-order valence-corrected chi connectivity index (χ1v) is 11.6. The second-order valence-corrected chi connectivity index (χ2v) is 8.64. The van der Waals surface area contributed by atoms with Crippen molar-refractivity contribution in [2.75, 3.05) is 50.5 Å². The predicted octanol–water partition coefficient (Wildman–Crippen LogP) is 3.45. The van der Waals surface area contributed by atoms with Crippen molar-refractivity contribution in [1.82, 2.24) is 14.8 Å². The molecule has 0 radical (unpaired) electrons. The van der Waals surface area contributed by atoms with E-state index in [4.69, 9.17) is 9.47 Å². The molecule has 0 unspecified atom stereocenters. The first-order chi connectivity index (χ1) is 17.5. The number of carbonyl (C=O) groups is 2. The minimum Gasteiger partial charge on any atom is -0.497 e. The molecule has 3 aromatic rings. The summed E-state index contributed by atoms with van der Waals surface area (Å²) in [5.41, 5.74) is 2.03. The number of nitrogens with one attached hydrogen (secondary N) is 2. The Hall–Kier alpha value is -4.18. The van der Waals surface area contributed by atoms with Crippen LogP contribution in [0.15, 0.2) is 60.8 Å². The summed E-state index contributed by atoms with van der Waals surface area (Å²) < 4.78 is 25.5. The smallest absolute Gasteiger partial charge is 0.321 e. The summed E-state index contributed by atoms with van der Waals surface area (Å²) in [6.07, 6.45) is 1.39. The summed E-state index contributed by atoms with van der Waals surface area (Å²) in [6.45, 7) is 1.83. The molecule has 2 aliphatic rings. The number of amides is 3. The number of piperazine rings is 1. The van der Waals surface area contributed by atoms with Crippen molar-refractivity contribution in [3.8, 4) is 22.6 Å². The van der Waals surface area contributed by atoms with Gasteiger partial charge in [-0.2, -0.15) is 4.39 Å². The van der Waals surface area contributed by atoms with Crippen molar-refractivity contribution < 1.29 is 23.5 Å². The average Bonchev–Trinajstić information content (AvgIpc) is 2.95. The Bertz CT molecular complexity index is 1290. The van der Waals surface area contributed by atoms with E-state index in [1.54, 1.807) is 54.5 Å². The summed E-state index contributed by atoms with van der Waals surface area (Å²) in [6, 6.07) is 15.2. The van der Waals surface area contributed by atoms with Gasteiger partial charge in [0.1, 0.15) is 18.1 Å². The highest BCUT2D eigenvalue weighted by Gasteiger charge is 2.32. The predicted molar refractivity (Wildman–Crippen MR) is 133 cm³/mol. The summed E-state index contributed by atoms with van der Waals surface area (Å²) in [5.74, 6) is 0.347. The van der Waals surface area contributed by atoms with E-state index in [0.29, 0.717) is 53.6 Å². The molecule has 0 bridgehead atoms. The monoisotopic (exact) mass is 491 g/mol. The van der Waals surface area contributed by atoms with E-state index < -0.39 is 5.95 Å². The van der Waals surface area contributed by atoms with Gasteiger partial charge in [-0.3, -0.25) is 9.69 Å². The van der Waals surface area contributed by atoms with Crippen LogP contribution in [0.4, 0.5) is 20.6 Å². The fraction of sp³-hybridized carbons (Fsp3) is 0.269. The molecule has 3 heterocycles. The van der Waals surface area contributed by atoms with Gasteiger partial charge in [0.05, 0.1) is 25.4 Å². The highest BCUT2D eigenvalue weighted by molar-refractivity contribution is 5.95. The standard InChI is InChI=1S/C26H26FN5O4/c1-35-20-5-2-4-18(13-20)29-26(34)32-11-10-31-15-24(33)30-22-12-17(21-6-3-9-28-25(21)27)7-8-23(22)36-16-19(31)14-32/h2-9,12-13,19H,10-11,14-16H2,1H3,(H,29,34)(H,30,33)/t19-/m1/s1. The molecule has 5 rings (SSSR count). The van der Waals surface area contributed by atoms with Crippen LogP contribution in [-0.4, -0.2) is 72.7 Å². The lowest BCUT2D eigenvalue weighted by Crippen LogP contribution is -2.58. The first kappa shape index (κ1) is 23.6. The van der Waals surface area contributed by atoms with Gasteiger partial charge < -0.3 is 25.0 Å². The molecular weight excluding hydrogens is 465 g/mol. The number of nitrogens with zero attached hydrogens (tertiary/aromatic N) is 3. The van der Waals surface area contributed by atoms with Crippen LogP contribution in [0.25, 0.3) is 11.1 Å². The second kappa shape index (κ2) is 10.2. The number of anilines is 2. The Balaban J connectivity index is 1.31. The van der Waals surface area contributed by atoms with Gasteiger partial charge in [0, 0.05) is 43.1 Å². The van der Waals surface area contributed by atoms with Crippen molar-refractivity contribution in [1.29, 1.82) is 0 Å². The maximum absolute atomic E-state index is 14.2. The Morgan fingerprint density at radius 3 is 2.92 bits per heavy atom. The molecule has 10 heteroatoms. The summed E-state index contributed by atoms with van der Waals surface area (Å²) in [7, 11) is 1.57. The molecule has 0 spiro atoms. The van der Waals surface area contributed by atoms with E-state index in [2.05, 4.69) is 15.6 Å². The number of fused-ring (bicyclic) bond motifs is 2. The van der Waals surface area contributed by atoms with Crippen molar-refractivity contribution in [2.45, 2.75) is 6.04 Å². The summed E-state index contributed by atoms with van der Waals surface area (Å²) in [4.78, 5) is 33.2. The van der Waals surface area contributed by atoms with Gasteiger partial charge >= 0.3 is 6.03 Å². The quantitative estimate of drug-likeness (QED) is 0.545. The lowest BCUT2D eigenvalue weighted by Gasteiger charge is -2.40.